The number of hydrogen-bond donors (Lipinski definition) is 1. The van der Waals surface area contributed by atoms with Crippen LogP contribution in [0.25, 0.3) is 0 Å². The number of nitriles is 1. The van der Waals surface area contributed by atoms with E-state index in [2.05, 4.69) is 10.3 Å². The van der Waals surface area contributed by atoms with E-state index in [0.29, 0.717) is 27.9 Å². The fraction of sp³-hybridized carbons (Fsp3) is 0.250. The van der Waals surface area contributed by atoms with Crippen LogP contribution in [0.2, 0.25) is 0 Å². The standard InChI is InChI=1S/C12H11N3O3S/c1-7(16)8-3-10-11(18-6-17-10)4-9(8)15-12(19-2)14-5-13/h3-4H,6H2,1-2H3,(H,14,15). The second-order valence-electron chi connectivity index (χ2n) is 3.64. The monoisotopic (exact) mass is 277 g/mol. The number of benzene rings is 1. The maximum absolute atomic E-state index is 11.6. The number of fused-ring (bicyclic) bond motifs is 1. The first kappa shape index (κ1) is 13.2. The molecule has 1 aliphatic rings. The second-order valence-corrected chi connectivity index (χ2v) is 4.43. The van der Waals surface area contributed by atoms with Crippen LogP contribution in [0.5, 0.6) is 11.5 Å². The summed E-state index contributed by atoms with van der Waals surface area (Å²) in [6.07, 6.45) is 3.58. The van der Waals surface area contributed by atoms with Crippen molar-refractivity contribution < 1.29 is 14.3 Å². The fourth-order valence-electron chi connectivity index (χ4n) is 1.59. The molecular weight excluding hydrogens is 266 g/mol. The average Bonchev–Trinajstić information content (AvgIpc) is 2.84. The molecular formula is C12H11N3O3S. The Balaban J connectivity index is 2.49. The number of ether oxygens (including phenoxy) is 2. The molecule has 0 spiro atoms. The van der Waals surface area contributed by atoms with Gasteiger partial charge in [-0.15, -0.1) is 0 Å². The number of Topliss-reactive ketones (excluding diaryl/α,β-unsaturated/α-hetero) is 1. The van der Waals surface area contributed by atoms with Crippen LogP contribution in [0.3, 0.4) is 0 Å². The summed E-state index contributed by atoms with van der Waals surface area (Å²) in [6.45, 7) is 1.58. The Morgan fingerprint density at radius 3 is 2.74 bits per heavy atom. The smallest absolute Gasteiger partial charge is 0.231 e. The number of ketones is 1. The highest BCUT2D eigenvalue weighted by Gasteiger charge is 2.19. The Hall–Kier alpha value is -2.20. The average molecular weight is 277 g/mol. The normalized spacial score (nSPS) is 13.0. The van der Waals surface area contributed by atoms with E-state index in [1.54, 1.807) is 24.6 Å². The van der Waals surface area contributed by atoms with Crippen LogP contribution < -0.4 is 14.8 Å². The molecule has 0 atom stereocenters. The van der Waals surface area contributed by atoms with Gasteiger partial charge in [0, 0.05) is 11.6 Å². The van der Waals surface area contributed by atoms with Crippen LogP contribution in [0.1, 0.15) is 17.3 Å². The van der Waals surface area contributed by atoms with Crippen molar-refractivity contribution >= 4 is 28.4 Å². The van der Waals surface area contributed by atoms with Crippen molar-refractivity contribution in [1.82, 2.24) is 5.32 Å². The third-order valence-electron chi connectivity index (χ3n) is 2.45. The highest BCUT2D eigenvalue weighted by atomic mass is 32.2. The summed E-state index contributed by atoms with van der Waals surface area (Å²) < 4.78 is 10.5. The van der Waals surface area contributed by atoms with Gasteiger partial charge in [-0.25, -0.2) is 4.99 Å². The number of hydrogen-bond acceptors (Lipinski definition) is 6. The molecule has 0 aromatic heterocycles. The van der Waals surface area contributed by atoms with Gasteiger partial charge in [-0.1, -0.05) is 11.8 Å². The Labute approximate surface area is 114 Å². The molecule has 0 bridgehead atoms. The van der Waals surface area contributed by atoms with Crippen molar-refractivity contribution in [1.29, 1.82) is 5.26 Å². The summed E-state index contributed by atoms with van der Waals surface area (Å²) in [5.74, 6) is 0.943. The minimum Gasteiger partial charge on any atom is -0.454 e. The maximum Gasteiger partial charge on any atom is 0.231 e. The Morgan fingerprint density at radius 1 is 1.47 bits per heavy atom. The molecule has 0 aliphatic carbocycles. The molecule has 2 rings (SSSR count). The molecule has 0 saturated heterocycles. The minimum absolute atomic E-state index is 0.130. The van der Waals surface area contributed by atoms with Gasteiger partial charge in [-0.3, -0.25) is 10.1 Å². The van der Waals surface area contributed by atoms with Crippen molar-refractivity contribution in [2.75, 3.05) is 13.0 Å². The zero-order valence-corrected chi connectivity index (χ0v) is 11.2. The Morgan fingerprint density at radius 2 is 2.16 bits per heavy atom. The molecule has 1 N–H and O–H groups in total. The molecule has 1 aromatic carbocycles. The quantitative estimate of drug-likeness (QED) is 0.293. The lowest BCUT2D eigenvalue weighted by Crippen LogP contribution is -2.12. The molecule has 0 unspecified atom stereocenters. The molecule has 1 heterocycles. The van der Waals surface area contributed by atoms with Crippen LogP contribution in [0.15, 0.2) is 17.1 Å². The molecule has 0 fully saturated rings. The summed E-state index contributed by atoms with van der Waals surface area (Å²) in [4.78, 5) is 15.9. The van der Waals surface area contributed by atoms with Crippen molar-refractivity contribution in [2.24, 2.45) is 4.99 Å². The van der Waals surface area contributed by atoms with Gasteiger partial charge >= 0.3 is 0 Å². The van der Waals surface area contributed by atoms with Gasteiger partial charge in [0.2, 0.25) is 6.79 Å². The first-order chi connectivity index (χ1) is 9.15. The number of amidine groups is 1. The molecule has 0 amide bonds. The number of nitrogens with zero attached hydrogens (tertiary/aromatic N) is 2. The van der Waals surface area contributed by atoms with Gasteiger partial charge in [0.1, 0.15) is 0 Å². The minimum atomic E-state index is -0.130. The predicted molar refractivity (Wildman–Crippen MR) is 71.9 cm³/mol. The summed E-state index contributed by atoms with van der Waals surface area (Å²) in [7, 11) is 0. The van der Waals surface area contributed by atoms with Crippen LogP contribution in [0, 0.1) is 11.5 Å². The van der Waals surface area contributed by atoms with E-state index in [4.69, 9.17) is 14.7 Å². The first-order valence-corrected chi connectivity index (χ1v) is 6.60. The maximum atomic E-state index is 11.6. The summed E-state index contributed by atoms with van der Waals surface area (Å²) >= 11 is 1.28. The molecule has 1 aliphatic heterocycles. The van der Waals surface area contributed by atoms with E-state index in [9.17, 15) is 4.79 Å². The first-order valence-electron chi connectivity index (χ1n) is 5.38. The zero-order chi connectivity index (χ0) is 13.8. The molecule has 6 nitrogen and oxygen atoms in total. The highest BCUT2D eigenvalue weighted by molar-refractivity contribution is 8.13. The number of carbonyl (C=O) groups excluding carboxylic acids is 1. The Bertz CT molecular complexity index is 593. The van der Waals surface area contributed by atoms with Gasteiger partial charge in [0.25, 0.3) is 0 Å². The molecule has 0 saturated carbocycles. The van der Waals surface area contributed by atoms with Gasteiger partial charge in [0.15, 0.2) is 28.6 Å². The lowest BCUT2D eigenvalue weighted by Gasteiger charge is -2.06. The lowest BCUT2D eigenvalue weighted by atomic mass is 10.1. The third-order valence-corrected chi connectivity index (χ3v) is 3.03. The van der Waals surface area contributed by atoms with Crippen molar-refractivity contribution in [3.05, 3.63) is 17.7 Å². The topological polar surface area (TPSA) is 83.7 Å². The lowest BCUT2D eigenvalue weighted by molar-refractivity contribution is 0.101. The Kier molecular flexibility index (Phi) is 3.92. The van der Waals surface area contributed by atoms with Crippen molar-refractivity contribution in [3.8, 4) is 17.7 Å². The van der Waals surface area contributed by atoms with Crippen LogP contribution in [0.4, 0.5) is 5.69 Å². The SMILES string of the molecule is CSC(=Nc1cc2c(cc1C(C)=O)OCO2)NC#N. The van der Waals surface area contributed by atoms with E-state index in [-0.39, 0.29) is 12.6 Å². The largest absolute Gasteiger partial charge is 0.454 e. The number of thioether (sulfide) groups is 1. The number of aliphatic imine (C=N–C) groups is 1. The van der Waals surface area contributed by atoms with E-state index >= 15 is 0 Å². The highest BCUT2D eigenvalue weighted by Crippen LogP contribution is 2.38. The van der Waals surface area contributed by atoms with Gasteiger partial charge in [-0.05, 0) is 19.2 Å². The van der Waals surface area contributed by atoms with Gasteiger partial charge in [0.05, 0.1) is 5.69 Å². The molecule has 1 aromatic rings. The van der Waals surface area contributed by atoms with Crippen molar-refractivity contribution in [3.63, 3.8) is 0 Å². The number of rotatable bonds is 2. The van der Waals surface area contributed by atoms with E-state index in [1.807, 2.05) is 0 Å². The van der Waals surface area contributed by atoms with Crippen LogP contribution in [-0.4, -0.2) is 24.0 Å². The van der Waals surface area contributed by atoms with E-state index in [0.717, 1.165) is 0 Å². The number of nitrogens with one attached hydrogen (secondary N) is 1. The summed E-state index contributed by atoms with van der Waals surface area (Å²) in [5, 5.41) is 11.5. The summed E-state index contributed by atoms with van der Waals surface area (Å²) in [6, 6.07) is 3.24. The van der Waals surface area contributed by atoms with Crippen LogP contribution in [-0.2, 0) is 0 Å². The summed E-state index contributed by atoms with van der Waals surface area (Å²) in [5.41, 5.74) is 0.874. The molecule has 0 radical (unpaired) electrons. The van der Waals surface area contributed by atoms with Gasteiger partial charge in [-0.2, -0.15) is 5.26 Å². The number of carbonyl (C=O) groups is 1. The van der Waals surface area contributed by atoms with E-state index < -0.39 is 0 Å². The van der Waals surface area contributed by atoms with Crippen LogP contribution >= 0.6 is 11.8 Å². The van der Waals surface area contributed by atoms with E-state index in [1.165, 1.54) is 18.7 Å². The second kappa shape index (κ2) is 5.63. The molecule has 19 heavy (non-hydrogen) atoms. The zero-order valence-electron chi connectivity index (χ0n) is 10.4. The molecule has 7 heteroatoms. The fourth-order valence-corrected chi connectivity index (χ4v) is 1.92. The molecule has 98 valence electrons. The third kappa shape index (κ3) is 2.80. The predicted octanol–water partition coefficient (Wildman–Crippen LogP) is 2.04. The van der Waals surface area contributed by atoms with Gasteiger partial charge < -0.3 is 9.47 Å². The van der Waals surface area contributed by atoms with Crippen molar-refractivity contribution in [2.45, 2.75) is 6.92 Å².